The molecule has 22 heavy (non-hydrogen) atoms. The van der Waals surface area contributed by atoms with Gasteiger partial charge >= 0.3 is 12.1 Å². The molecule has 1 aliphatic rings. The van der Waals surface area contributed by atoms with Gasteiger partial charge in [0, 0.05) is 12.3 Å². The second-order valence-electron chi connectivity index (χ2n) is 4.98. The fourth-order valence-electron chi connectivity index (χ4n) is 1.97. The predicted molar refractivity (Wildman–Crippen MR) is 67.5 cm³/mol. The van der Waals surface area contributed by atoms with Crippen molar-refractivity contribution in [3.8, 4) is 5.88 Å². The lowest BCUT2D eigenvalue weighted by Gasteiger charge is -2.38. The molecule has 0 atom stereocenters. The van der Waals surface area contributed by atoms with Crippen LogP contribution in [0.5, 0.6) is 5.88 Å². The molecule has 1 aromatic rings. The molecule has 0 aromatic carbocycles. The van der Waals surface area contributed by atoms with Crippen LogP contribution in [0.15, 0.2) is 18.3 Å². The minimum absolute atomic E-state index is 0.0480. The van der Waals surface area contributed by atoms with Gasteiger partial charge in [-0.05, 0) is 25.3 Å². The van der Waals surface area contributed by atoms with Crippen molar-refractivity contribution in [2.24, 2.45) is 0 Å². The van der Waals surface area contributed by atoms with E-state index in [1.807, 2.05) is 0 Å². The number of halogens is 3. The van der Waals surface area contributed by atoms with Crippen molar-refractivity contribution in [1.29, 1.82) is 0 Å². The maximum absolute atomic E-state index is 12.0. The third-order valence-electron chi connectivity index (χ3n) is 3.35. The average Bonchev–Trinajstić information content (AvgIpc) is 2.39. The second-order valence-corrected chi connectivity index (χ2v) is 4.98. The molecule has 9 heteroatoms. The van der Waals surface area contributed by atoms with Gasteiger partial charge in [-0.3, -0.25) is 4.79 Å². The van der Waals surface area contributed by atoms with E-state index in [2.05, 4.69) is 15.0 Å². The number of carboxylic acid groups (broad SMARTS) is 1. The Kier molecular flexibility index (Phi) is 4.25. The molecular formula is C13H13F3N2O4. The zero-order chi connectivity index (χ0) is 16.4. The molecule has 1 aliphatic carbocycles. The summed E-state index contributed by atoms with van der Waals surface area (Å²) in [7, 11) is 0. The lowest BCUT2D eigenvalue weighted by Crippen LogP contribution is -2.59. The Bertz CT molecular complexity index is 568. The topological polar surface area (TPSA) is 88.5 Å². The number of aliphatic carboxylic acids is 1. The highest BCUT2D eigenvalue weighted by Gasteiger charge is 2.45. The number of nitrogens with zero attached hydrogens (tertiary/aromatic N) is 1. The van der Waals surface area contributed by atoms with Gasteiger partial charge in [-0.25, -0.2) is 9.78 Å². The Morgan fingerprint density at radius 1 is 1.36 bits per heavy atom. The van der Waals surface area contributed by atoms with Gasteiger partial charge in [0.25, 0.3) is 5.91 Å². The summed E-state index contributed by atoms with van der Waals surface area (Å²) in [5, 5.41) is 11.5. The molecule has 0 unspecified atom stereocenters. The van der Waals surface area contributed by atoms with Crippen molar-refractivity contribution >= 4 is 11.9 Å². The van der Waals surface area contributed by atoms with Crippen LogP contribution in [-0.4, -0.2) is 40.3 Å². The van der Waals surface area contributed by atoms with Gasteiger partial charge in [0.15, 0.2) is 6.61 Å². The lowest BCUT2D eigenvalue weighted by molar-refractivity contribution is -0.154. The summed E-state index contributed by atoms with van der Waals surface area (Å²) >= 11 is 0. The zero-order valence-corrected chi connectivity index (χ0v) is 11.3. The largest absolute Gasteiger partial charge is 0.480 e. The third-order valence-corrected chi connectivity index (χ3v) is 3.35. The summed E-state index contributed by atoms with van der Waals surface area (Å²) < 4.78 is 40.4. The number of carboxylic acids is 1. The monoisotopic (exact) mass is 318 g/mol. The van der Waals surface area contributed by atoms with Crippen molar-refractivity contribution in [3.05, 3.63) is 23.9 Å². The highest BCUT2D eigenvalue weighted by molar-refractivity contribution is 5.98. The number of amides is 1. The lowest BCUT2D eigenvalue weighted by atomic mass is 9.76. The first-order valence-electron chi connectivity index (χ1n) is 6.43. The predicted octanol–water partition coefficient (Wildman–Crippen LogP) is 1.76. The summed E-state index contributed by atoms with van der Waals surface area (Å²) in [5.74, 6) is -2.02. The summed E-state index contributed by atoms with van der Waals surface area (Å²) in [5.41, 5.74) is -1.21. The molecule has 2 N–H and O–H groups in total. The molecule has 0 bridgehead atoms. The molecule has 2 rings (SSSR count). The van der Waals surface area contributed by atoms with Crippen LogP contribution < -0.4 is 10.1 Å². The summed E-state index contributed by atoms with van der Waals surface area (Å²) in [4.78, 5) is 26.7. The number of nitrogens with one attached hydrogen (secondary N) is 1. The summed E-state index contributed by atoms with van der Waals surface area (Å²) in [6.07, 6.45) is -2.05. The molecule has 1 aromatic heterocycles. The van der Waals surface area contributed by atoms with Gasteiger partial charge in [-0.2, -0.15) is 13.2 Å². The number of carbonyl (C=O) groups is 2. The van der Waals surface area contributed by atoms with Gasteiger partial charge in [0.2, 0.25) is 5.88 Å². The minimum Gasteiger partial charge on any atom is -0.480 e. The highest BCUT2D eigenvalue weighted by Crippen LogP contribution is 2.32. The van der Waals surface area contributed by atoms with E-state index in [4.69, 9.17) is 5.11 Å². The van der Waals surface area contributed by atoms with E-state index >= 15 is 0 Å². The molecule has 1 saturated carbocycles. The molecule has 1 fully saturated rings. The summed E-state index contributed by atoms with van der Waals surface area (Å²) in [6.45, 7) is -1.48. The number of rotatable bonds is 5. The van der Waals surface area contributed by atoms with Crippen molar-refractivity contribution in [2.45, 2.75) is 31.0 Å². The molecule has 6 nitrogen and oxygen atoms in total. The van der Waals surface area contributed by atoms with Crippen LogP contribution in [0.2, 0.25) is 0 Å². The first kappa shape index (κ1) is 16.1. The molecule has 1 amide bonds. The van der Waals surface area contributed by atoms with E-state index in [1.54, 1.807) is 0 Å². The van der Waals surface area contributed by atoms with E-state index in [1.165, 1.54) is 6.07 Å². The van der Waals surface area contributed by atoms with Crippen molar-refractivity contribution < 1.29 is 32.6 Å². The Hall–Kier alpha value is -2.32. The van der Waals surface area contributed by atoms with Crippen LogP contribution in [0, 0.1) is 0 Å². The van der Waals surface area contributed by atoms with E-state index in [0.717, 1.165) is 12.3 Å². The SMILES string of the molecule is O=C(NC1(C(=O)O)CCC1)c1ccc(OCC(F)(F)F)nc1. The molecule has 0 aliphatic heterocycles. The summed E-state index contributed by atoms with van der Waals surface area (Å²) in [6, 6.07) is 2.34. The van der Waals surface area contributed by atoms with E-state index in [0.29, 0.717) is 19.3 Å². The van der Waals surface area contributed by atoms with Crippen LogP contribution in [0.1, 0.15) is 29.6 Å². The molecular weight excluding hydrogens is 305 g/mol. The fraction of sp³-hybridized carbons (Fsp3) is 0.462. The van der Waals surface area contributed by atoms with E-state index < -0.39 is 30.2 Å². The van der Waals surface area contributed by atoms with Crippen LogP contribution >= 0.6 is 0 Å². The normalized spacial score (nSPS) is 16.5. The first-order chi connectivity index (χ1) is 10.2. The van der Waals surface area contributed by atoms with Crippen LogP contribution in [0.3, 0.4) is 0 Å². The van der Waals surface area contributed by atoms with Crippen LogP contribution in [-0.2, 0) is 4.79 Å². The number of aromatic nitrogens is 1. The van der Waals surface area contributed by atoms with Gasteiger partial charge < -0.3 is 15.2 Å². The third kappa shape index (κ3) is 3.66. The van der Waals surface area contributed by atoms with Crippen molar-refractivity contribution in [3.63, 3.8) is 0 Å². The Morgan fingerprint density at radius 3 is 2.45 bits per heavy atom. The molecule has 0 spiro atoms. The number of hydrogen-bond acceptors (Lipinski definition) is 4. The highest BCUT2D eigenvalue weighted by atomic mass is 19.4. The maximum Gasteiger partial charge on any atom is 0.422 e. The Balaban J connectivity index is 1.98. The standard InChI is InChI=1S/C13H13F3N2O4/c14-13(15,16)7-22-9-3-2-8(6-17-9)10(19)18-12(11(20)21)4-1-5-12/h2-3,6H,1,4-5,7H2,(H,18,19)(H,20,21). The number of alkyl halides is 3. The quantitative estimate of drug-likeness (QED) is 0.863. The average molecular weight is 318 g/mol. The van der Waals surface area contributed by atoms with Crippen LogP contribution in [0.4, 0.5) is 13.2 Å². The molecule has 1 heterocycles. The smallest absolute Gasteiger partial charge is 0.422 e. The maximum atomic E-state index is 12.0. The van der Waals surface area contributed by atoms with Gasteiger partial charge in [-0.15, -0.1) is 0 Å². The minimum atomic E-state index is -4.48. The van der Waals surface area contributed by atoms with Gasteiger partial charge in [-0.1, -0.05) is 0 Å². The van der Waals surface area contributed by atoms with Gasteiger partial charge in [0.05, 0.1) is 5.56 Å². The number of pyridine rings is 1. The Morgan fingerprint density at radius 2 is 2.05 bits per heavy atom. The molecule has 0 saturated heterocycles. The number of carbonyl (C=O) groups excluding carboxylic acids is 1. The zero-order valence-electron chi connectivity index (χ0n) is 11.3. The van der Waals surface area contributed by atoms with Gasteiger partial charge in [0.1, 0.15) is 5.54 Å². The van der Waals surface area contributed by atoms with Crippen molar-refractivity contribution in [1.82, 2.24) is 10.3 Å². The van der Waals surface area contributed by atoms with Crippen LogP contribution in [0.25, 0.3) is 0 Å². The van der Waals surface area contributed by atoms with Crippen molar-refractivity contribution in [2.75, 3.05) is 6.61 Å². The number of hydrogen-bond donors (Lipinski definition) is 2. The number of ether oxygens (including phenoxy) is 1. The van der Waals surface area contributed by atoms with E-state index in [9.17, 15) is 22.8 Å². The molecule has 0 radical (unpaired) electrons. The Labute approximate surface area is 123 Å². The van der Waals surface area contributed by atoms with E-state index in [-0.39, 0.29) is 11.4 Å². The molecule has 120 valence electrons. The first-order valence-corrected chi connectivity index (χ1v) is 6.43. The fourth-order valence-corrected chi connectivity index (χ4v) is 1.97. The second kappa shape index (κ2) is 5.82.